The number of benzene rings is 3. The van der Waals surface area contributed by atoms with E-state index in [2.05, 4.69) is 15.4 Å². The normalized spacial score (nSPS) is 10.5. The minimum Gasteiger partial charge on any atom is -0.421 e. The van der Waals surface area contributed by atoms with Gasteiger partial charge in [-0.15, -0.1) is 10.2 Å². The van der Waals surface area contributed by atoms with E-state index in [4.69, 9.17) is 15.0 Å². The lowest BCUT2D eigenvalue weighted by Gasteiger charge is -2.07. The van der Waals surface area contributed by atoms with Crippen LogP contribution < -0.4 is 5.73 Å². The molecule has 6 nitrogen and oxygen atoms in total. The third-order valence-corrected chi connectivity index (χ3v) is 4.28. The van der Waals surface area contributed by atoms with Crippen molar-refractivity contribution in [2.75, 3.05) is 12.3 Å². The van der Waals surface area contributed by atoms with Gasteiger partial charge in [0.05, 0.1) is 6.42 Å². The number of aromatic nitrogens is 2. The second-order valence-corrected chi connectivity index (χ2v) is 6.38. The summed E-state index contributed by atoms with van der Waals surface area (Å²) < 4.78 is 5.69. The van der Waals surface area contributed by atoms with Crippen LogP contribution in [0.5, 0.6) is 0 Å². The topological polar surface area (TPSA) is 86.5 Å². The van der Waals surface area contributed by atoms with E-state index in [0.717, 1.165) is 22.4 Å². The maximum Gasteiger partial charge on any atom is 0.247 e. The van der Waals surface area contributed by atoms with Crippen LogP contribution in [0.15, 0.2) is 94.5 Å². The molecule has 0 aliphatic heterocycles. The predicted octanol–water partition coefficient (Wildman–Crippen LogP) is 4.33. The fourth-order valence-electron chi connectivity index (χ4n) is 2.80. The Morgan fingerprint density at radius 3 is 2.07 bits per heavy atom. The molecule has 0 unspecified atom stereocenters. The number of nitrogen functional groups attached to an aromatic ring is 1. The van der Waals surface area contributed by atoms with Crippen molar-refractivity contribution in [2.24, 2.45) is 5.16 Å². The van der Waals surface area contributed by atoms with E-state index in [1.54, 1.807) is 12.1 Å². The summed E-state index contributed by atoms with van der Waals surface area (Å²) in [4.78, 5) is 5.58. The molecule has 1 aromatic heterocycles. The monoisotopic (exact) mass is 384 g/mol. The number of hydrogen-bond donors (Lipinski definition) is 1. The number of nitrogens with two attached hydrogens (primary N) is 1. The molecule has 6 heteroatoms. The van der Waals surface area contributed by atoms with Crippen LogP contribution in [0.4, 0.5) is 5.69 Å². The number of anilines is 1. The molecular formula is C23H20N4O2. The maximum absolute atomic E-state index is 5.70. The first-order valence-electron chi connectivity index (χ1n) is 9.29. The summed E-state index contributed by atoms with van der Waals surface area (Å²) in [6, 6.07) is 27.2. The highest BCUT2D eigenvalue weighted by Gasteiger charge is 2.10. The Morgan fingerprint density at radius 2 is 1.45 bits per heavy atom. The van der Waals surface area contributed by atoms with E-state index in [1.807, 2.05) is 72.8 Å². The molecule has 0 aliphatic carbocycles. The summed E-state index contributed by atoms with van der Waals surface area (Å²) >= 11 is 0. The van der Waals surface area contributed by atoms with Crippen molar-refractivity contribution in [3.05, 3.63) is 102 Å². The number of hydrogen-bond acceptors (Lipinski definition) is 6. The zero-order valence-electron chi connectivity index (χ0n) is 15.7. The molecular weight excluding hydrogens is 364 g/mol. The lowest BCUT2D eigenvalue weighted by molar-refractivity contribution is 0.143. The smallest absolute Gasteiger partial charge is 0.247 e. The summed E-state index contributed by atoms with van der Waals surface area (Å²) in [7, 11) is 0. The third kappa shape index (κ3) is 4.68. The summed E-state index contributed by atoms with van der Waals surface area (Å²) in [6.07, 6.45) is 0.461. The van der Waals surface area contributed by atoms with Gasteiger partial charge >= 0.3 is 0 Å². The summed E-state index contributed by atoms with van der Waals surface area (Å²) in [5.74, 6) is 0.950. The van der Waals surface area contributed by atoms with Gasteiger partial charge in [0.1, 0.15) is 12.3 Å². The first kappa shape index (κ1) is 18.4. The van der Waals surface area contributed by atoms with Crippen LogP contribution in [0.2, 0.25) is 0 Å². The second-order valence-electron chi connectivity index (χ2n) is 6.38. The van der Waals surface area contributed by atoms with Crippen LogP contribution in [0.3, 0.4) is 0 Å². The van der Waals surface area contributed by atoms with Crippen LogP contribution in [0.25, 0.3) is 11.5 Å². The van der Waals surface area contributed by atoms with Crippen LogP contribution in [-0.4, -0.2) is 22.5 Å². The van der Waals surface area contributed by atoms with Gasteiger partial charge in [0.25, 0.3) is 0 Å². The summed E-state index contributed by atoms with van der Waals surface area (Å²) in [5, 5.41) is 12.5. The van der Waals surface area contributed by atoms with Gasteiger partial charge in [-0.2, -0.15) is 0 Å². The van der Waals surface area contributed by atoms with E-state index in [1.165, 1.54) is 0 Å². The lowest BCUT2D eigenvalue weighted by atomic mass is 10.0. The molecule has 0 radical (unpaired) electrons. The highest BCUT2D eigenvalue weighted by molar-refractivity contribution is 6.12. The fourth-order valence-corrected chi connectivity index (χ4v) is 2.80. The van der Waals surface area contributed by atoms with E-state index in [-0.39, 0.29) is 0 Å². The number of oxime groups is 1. The van der Waals surface area contributed by atoms with E-state index < -0.39 is 0 Å². The predicted molar refractivity (Wildman–Crippen MR) is 112 cm³/mol. The standard InChI is InChI=1S/C23H20N4O2/c24-20-13-11-19(12-14-20)23-26-25-21(29-23)15-16-28-27-22(17-7-3-1-4-8-17)18-9-5-2-6-10-18/h1-14H,15-16,24H2. The Hall–Kier alpha value is -3.93. The van der Waals surface area contributed by atoms with Crippen LogP contribution in [0.1, 0.15) is 17.0 Å². The molecule has 144 valence electrons. The van der Waals surface area contributed by atoms with Crippen LogP contribution >= 0.6 is 0 Å². The van der Waals surface area contributed by atoms with Gasteiger partial charge in [0.2, 0.25) is 11.8 Å². The second kappa shape index (κ2) is 8.84. The molecule has 0 fully saturated rings. The van der Waals surface area contributed by atoms with Gasteiger partial charge in [-0.25, -0.2) is 0 Å². The van der Waals surface area contributed by atoms with Crippen molar-refractivity contribution >= 4 is 11.4 Å². The van der Waals surface area contributed by atoms with E-state index in [0.29, 0.717) is 30.5 Å². The highest BCUT2D eigenvalue weighted by atomic mass is 16.6. The zero-order valence-corrected chi connectivity index (χ0v) is 15.7. The molecule has 29 heavy (non-hydrogen) atoms. The largest absolute Gasteiger partial charge is 0.421 e. The molecule has 0 bridgehead atoms. The lowest BCUT2D eigenvalue weighted by Crippen LogP contribution is -2.05. The van der Waals surface area contributed by atoms with Gasteiger partial charge in [0.15, 0.2) is 0 Å². The molecule has 3 aromatic carbocycles. The minimum absolute atomic E-state index is 0.326. The van der Waals surface area contributed by atoms with Crippen LogP contribution in [0, 0.1) is 0 Å². The molecule has 0 amide bonds. The highest BCUT2D eigenvalue weighted by Crippen LogP contribution is 2.19. The van der Waals surface area contributed by atoms with Crippen molar-refractivity contribution in [3.8, 4) is 11.5 Å². The average molecular weight is 384 g/mol. The van der Waals surface area contributed by atoms with Crippen molar-refractivity contribution in [1.82, 2.24) is 10.2 Å². The molecule has 0 saturated carbocycles. The minimum atomic E-state index is 0.326. The van der Waals surface area contributed by atoms with Gasteiger partial charge in [-0.05, 0) is 24.3 Å². The Balaban J connectivity index is 1.42. The van der Waals surface area contributed by atoms with Gasteiger partial charge in [-0.3, -0.25) is 0 Å². The van der Waals surface area contributed by atoms with Crippen molar-refractivity contribution in [2.45, 2.75) is 6.42 Å². The van der Waals surface area contributed by atoms with E-state index >= 15 is 0 Å². The Morgan fingerprint density at radius 1 is 0.828 bits per heavy atom. The molecule has 0 aliphatic rings. The van der Waals surface area contributed by atoms with Crippen LogP contribution in [-0.2, 0) is 11.3 Å². The quantitative estimate of drug-likeness (QED) is 0.222. The Kier molecular flexibility index (Phi) is 5.62. The summed E-state index contributed by atoms with van der Waals surface area (Å²) in [5.41, 5.74) is 9.97. The Bertz CT molecular complexity index is 1030. The number of rotatable bonds is 7. The molecule has 0 saturated heterocycles. The fraction of sp³-hybridized carbons (Fsp3) is 0.0870. The first-order chi connectivity index (χ1) is 14.3. The first-order valence-corrected chi connectivity index (χ1v) is 9.29. The number of nitrogens with zero attached hydrogens (tertiary/aromatic N) is 3. The van der Waals surface area contributed by atoms with Gasteiger partial charge in [-0.1, -0.05) is 65.8 Å². The maximum atomic E-state index is 5.70. The molecule has 2 N–H and O–H groups in total. The van der Waals surface area contributed by atoms with Crippen molar-refractivity contribution < 1.29 is 9.25 Å². The molecule has 0 spiro atoms. The zero-order chi connectivity index (χ0) is 19.9. The Labute approximate surface area is 168 Å². The molecule has 4 aromatic rings. The molecule has 1 heterocycles. The van der Waals surface area contributed by atoms with Crippen molar-refractivity contribution in [1.29, 1.82) is 0 Å². The molecule has 0 atom stereocenters. The van der Waals surface area contributed by atoms with Crippen molar-refractivity contribution in [3.63, 3.8) is 0 Å². The van der Waals surface area contributed by atoms with Gasteiger partial charge in [0, 0.05) is 22.4 Å². The summed E-state index contributed by atoms with van der Waals surface area (Å²) in [6.45, 7) is 0.326. The molecule has 4 rings (SSSR count). The third-order valence-electron chi connectivity index (χ3n) is 4.28. The SMILES string of the molecule is Nc1ccc(-c2nnc(CCON=C(c3ccccc3)c3ccccc3)o2)cc1. The van der Waals surface area contributed by atoms with Gasteiger partial charge < -0.3 is 15.0 Å². The van der Waals surface area contributed by atoms with E-state index in [9.17, 15) is 0 Å². The average Bonchev–Trinajstić information content (AvgIpc) is 3.24.